The van der Waals surface area contributed by atoms with Crippen molar-refractivity contribution in [1.29, 1.82) is 0 Å². The molecule has 6 heteroatoms. The molecular weight excluding hydrogens is 347 g/mol. The summed E-state index contributed by atoms with van der Waals surface area (Å²) >= 11 is 0. The molecule has 2 aromatic carbocycles. The van der Waals surface area contributed by atoms with E-state index in [0.717, 1.165) is 5.75 Å². The van der Waals surface area contributed by atoms with Gasteiger partial charge in [0.1, 0.15) is 11.6 Å². The van der Waals surface area contributed by atoms with Crippen molar-refractivity contribution in [3.8, 4) is 5.75 Å². The number of nitrogens with one attached hydrogen (secondary N) is 2. The van der Waals surface area contributed by atoms with Crippen molar-refractivity contribution in [1.82, 2.24) is 10.9 Å². The maximum Gasteiger partial charge on any atom is 0.269 e. The minimum absolute atomic E-state index is 0.0922. The predicted molar refractivity (Wildman–Crippen MR) is 102 cm³/mol. The summed E-state index contributed by atoms with van der Waals surface area (Å²) in [6.07, 6.45) is 0.725. The lowest BCUT2D eigenvalue weighted by atomic mass is 9.87. The molecule has 0 saturated carbocycles. The molecule has 2 aromatic rings. The van der Waals surface area contributed by atoms with Gasteiger partial charge in [0.05, 0.1) is 6.61 Å². The standard InChI is InChI=1S/C21H25FN2O3/c1-21(2,3)16-8-12-18(13-9-16)27-14-4-5-19(25)23-24-20(26)15-6-10-17(22)11-7-15/h6-13H,4-5,14H2,1-3H3,(H,23,25)(H,24,26). The molecule has 144 valence electrons. The van der Waals surface area contributed by atoms with Crippen LogP contribution in [0.1, 0.15) is 49.5 Å². The first-order valence-electron chi connectivity index (χ1n) is 8.84. The summed E-state index contributed by atoms with van der Waals surface area (Å²) in [5, 5.41) is 0. The maximum atomic E-state index is 12.8. The van der Waals surface area contributed by atoms with Gasteiger partial charge >= 0.3 is 0 Å². The first kappa shape index (κ1) is 20.4. The quantitative estimate of drug-likeness (QED) is 0.600. The summed E-state index contributed by atoms with van der Waals surface area (Å²) in [5.74, 6) is -0.493. The summed E-state index contributed by atoms with van der Waals surface area (Å²) in [4.78, 5) is 23.6. The highest BCUT2D eigenvalue weighted by Crippen LogP contribution is 2.24. The molecule has 0 aromatic heterocycles. The molecule has 0 aliphatic heterocycles. The molecule has 2 rings (SSSR count). The molecule has 0 aliphatic rings. The van der Waals surface area contributed by atoms with Crippen molar-refractivity contribution in [3.05, 3.63) is 65.5 Å². The van der Waals surface area contributed by atoms with Gasteiger partial charge in [0.15, 0.2) is 0 Å². The van der Waals surface area contributed by atoms with Gasteiger partial charge in [0.25, 0.3) is 5.91 Å². The van der Waals surface area contributed by atoms with E-state index in [2.05, 4.69) is 31.6 Å². The second kappa shape index (κ2) is 9.16. The number of hydrogen-bond acceptors (Lipinski definition) is 3. The molecule has 2 N–H and O–H groups in total. The Hall–Kier alpha value is -2.89. The predicted octanol–water partition coefficient (Wildman–Crippen LogP) is 3.74. The lowest BCUT2D eigenvalue weighted by Crippen LogP contribution is -2.41. The lowest BCUT2D eigenvalue weighted by Gasteiger charge is -2.19. The van der Waals surface area contributed by atoms with Gasteiger partial charge in [0, 0.05) is 12.0 Å². The van der Waals surface area contributed by atoms with Crippen molar-refractivity contribution in [3.63, 3.8) is 0 Å². The van der Waals surface area contributed by atoms with Gasteiger partial charge in [-0.1, -0.05) is 32.9 Å². The van der Waals surface area contributed by atoms with Gasteiger partial charge in [-0.2, -0.15) is 0 Å². The number of amides is 2. The Balaban J connectivity index is 1.66. The molecule has 0 bridgehead atoms. The van der Waals surface area contributed by atoms with Crippen molar-refractivity contribution < 1.29 is 18.7 Å². The highest BCUT2D eigenvalue weighted by atomic mass is 19.1. The summed E-state index contributed by atoms with van der Waals surface area (Å²) in [5.41, 5.74) is 6.21. The molecule has 0 atom stereocenters. The Morgan fingerprint density at radius 2 is 1.59 bits per heavy atom. The number of carbonyl (C=O) groups excluding carboxylic acids is 2. The number of ether oxygens (including phenoxy) is 1. The van der Waals surface area contributed by atoms with Crippen LogP contribution < -0.4 is 15.6 Å². The van der Waals surface area contributed by atoms with Crippen LogP contribution in [0.3, 0.4) is 0 Å². The topological polar surface area (TPSA) is 67.4 Å². The molecule has 5 nitrogen and oxygen atoms in total. The third-order valence-electron chi connectivity index (χ3n) is 3.96. The van der Waals surface area contributed by atoms with Crippen LogP contribution >= 0.6 is 0 Å². The lowest BCUT2D eigenvalue weighted by molar-refractivity contribution is -0.122. The van der Waals surface area contributed by atoms with E-state index >= 15 is 0 Å². The van der Waals surface area contributed by atoms with Gasteiger partial charge in [0.2, 0.25) is 5.91 Å². The second-order valence-corrected chi connectivity index (χ2v) is 7.24. The van der Waals surface area contributed by atoms with E-state index in [4.69, 9.17) is 4.74 Å². The molecular formula is C21H25FN2O3. The minimum Gasteiger partial charge on any atom is -0.494 e. The number of hydrogen-bond donors (Lipinski definition) is 2. The number of rotatable bonds is 6. The number of halogens is 1. The maximum absolute atomic E-state index is 12.8. The van der Waals surface area contributed by atoms with E-state index in [1.54, 1.807) is 0 Å². The molecule has 0 spiro atoms. The van der Waals surface area contributed by atoms with Crippen LogP contribution in [-0.2, 0) is 10.2 Å². The molecule has 2 amide bonds. The van der Waals surface area contributed by atoms with Gasteiger partial charge in [-0.3, -0.25) is 20.4 Å². The fraction of sp³-hybridized carbons (Fsp3) is 0.333. The highest BCUT2D eigenvalue weighted by Gasteiger charge is 2.13. The zero-order valence-electron chi connectivity index (χ0n) is 15.8. The van der Waals surface area contributed by atoms with Crippen LogP contribution in [0.25, 0.3) is 0 Å². The molecule has 0 unspecified atom stereocenters. The average Bonchev–Trinajstić information content (AvgIpc) is 2.63. The van der Waals surface area contributed by atoms with E-state index in [-0.39, 0.29) is 23.3 Å². The van der Waals surface area contributed by atoms with Crippen molar-refractivity contribution in [2.24, 2.45) is 0 Å². The average molecular weight is 372 g/mol. The SMILES string of the molecule is CC(C)(C)c1ccc(OCCCC(=O)NNC(=O)c2ccc(F)cc2)cc1. The van der Waals surface area contributed by atoms with E-state index in [0.29, 0.717) is 13.0 Å². The van der Waals surface area contributed by atoms with E-state index in [1.807, 2.05) is 24.3 Å². The number of benzene rings is 2. The van der Waals surface area contributed by atoms with Gasteiger partial charge in [-0.05, 0) is 53.8 Å². The minimum atomic E-state index is -0.501. The van der Waals surface area contributed by atoms with Gasteiger partial charge < -0.3 is 4.74 Å². The van der Waals surface area contributed by atoms with Crippen molar-refractivity contribution >= 4 is 11.8 Å². The molecule has 0 fully saturated rings. The number of hydrazine groups is 1. The molecule has 0 heterocycles. The Bertz CT molecular complexity index is 766. The van der Waals surface area contributed by atoms with Gasteiger partial charge in [-0.15, -0.1) is 0 Å². The summed E-state index contributed by atoms with van der Waals surface area (Å²) in [7, 11) is 0. The smallest absolute Gasteiger partial charge is 0.269 e. The van der Waals surface area contributed by atoms with Crippen molar-refractivity contribution in [2.45, 2.75) is 39.0 Å². The Morgan fingerprint density at radius 1 is 0.963 bits per heavy atom. The highest BCUT2D eigenvalue weighted by molar-refractivity contribution is 5.95. The van der Waals surface area contributed by atoms with Crippen LogP contribution in [0, 0.1) is 5.82 Å². The Kier molecular flexibility index (Phi) is 6.93. The van der Waals surface area contributed by atoms with Crippen LogP contribution in [0.4, 0.5) is 4.39 Å². The first-order valence-corrected chi connectivity index (χ1v) is 8.84. The summed E-state index contributed by atoms with van der Waals surface area (Å²) in [6, 6.07) is 13.0. The van der Waals surface area contributed by atoms with Crippen LogP contribution in [0.15, 0.2) is 48.5 Å². The third-order valence-corrected chi connectivity index (χ3v) is 3.96. The first-order chi connectivity index (χ1) is 12.8. The normalized spacial score (nSPS) is 11.0. The molecule has 0 radical (unpaired) electrons. The fourth-order valence-electron chi connectivity index (χ4n) is 2.34. The fourth-order valence-corrected chi connectivity index (χ4v) is 2.34. The third kappa shape index (κ3) is 6.73. The monoisotopic (exact) mass is 372 g/mol. The largest absolute Gasteiger partial charge is 0.494 e. The number of carbonyl (C=O) groups is 2. The zero-order chi connectivity index (χ0) is 19.9. The van der Waals surface area contributed by atoms with Crippen LogP contribution in [0.2, 0.25) is 0 Å². The molecule has 27 heavy (non-hydrogen) atoms. The van der Waals surface area contributed by atoms with E-state index in [9.17, 15) is 14.0 Å². The van der Waals surface area contributed by atoms with Crippen LogP contribution in [0.5, 0.6) is 5.75 Å². The van der Waals surface area contributed by atoms with Gasteiger partial charge in [-0.25, -0.2) is 4.39 Å². The van der Waals surface area contributed by atoms with E-state index in [1.165, 1.54) is 29.8 Å². The molecule has 0 saturated heterocycles. The summed E-state index contributed by atoms with van der Waals surface area (Å²) < 4.78 is 18.4. The Morgan fingerprint density at radius 3 is 2.19 bits per heavy atom. The van der Waals surface area contributed by atoms with Crippen molar-refractivity contribution in [2.75, 3.05) is 6.61 Å². The van der Waals surface area contributed by atoms with E-state index < -0.39 is 11.7 Å². The van der Waals surface area contributed by atoms with Crippen LogP contribution in [-0.4, -0.2) is 18.4 Å². The zero-order valence-corrected chi connectivity index (χ0v) is 15.8. The summed E-state index contributed by atoms with van der Waals surface area (Å²) in [6.45, 7) is 6.84. The molecule has 0 aliphatic carbocycles. The Labute approximate surface area is 158 Å². The second-order valence-electron chi connectivity index (χ2n) is 7.24.